The minimum atomic E-state index is 0. The summed E-state index contributed by atoms with van der Waals surface area (Å²) in [7, 11) is 0. The van der Waals surface area contributed by atoms with E-state index in [-0.39, 0.29) is 18.4 Å². The molecule has 0 aromatic heterocycles. The summed E-state index contributed by atoms with van der Waals surface area (Å²) in [6.07, 6.45) is 2.00. The van der Waals surface area contributed by atoms with E-state index in [0.717, 1.165) is 12.8 Å². The molecule has 0 bridgehead atoms. The second-order valence-corrected chi connectivity index (χ2v) is 5.07. The normalized spacial score (nSPS) is 18.2. The number of nitrogens with two attached hydrogens (primary N) is 1. The lowest BCUT2D eigenvalue weighted by Crippen LogP contribution is -2.28. The summed E-state index contributed by atoms with van der Waals surface area (Å²) in [5, 5.41) is 2.73. The highest BCUT2D eigenvalue weighted by molar-refractivity contribution is 9.10. The van der Waals surface area contributed by atoms with Crippen LogP contribution in [0.2, 0.25) is 0 Å². The van der Waals surface area contributed by atoms with Gasteiger partial charge in [-0.2, -0.15) is 0 Å². The fourth-order valence-electron chi connectivity index (χ4n) is 2.50. The fraction of sp³-hybridized carbons (Fsp3) is 0.231. The quantitative estimate of drug-likeness (QED) is 0.792. The van der Waals surface area contributed by atoms with Crippen LogP contribution >= 0.6 is 28.3 Å². The Labute approximate surface area is 110 Å². The van der Waals surface area contributed by atoms with E-state index in [4.69, 9.17) is 5.73 Å². The Kier molecular flexibility index (Phi) is 3.24. The first kappa shape index (κ1) is 11.9. The number of halogens is 2. The van der Waals surface area contributed by atoms with Gasteiger partial charge in [-0.05, 0) is 40.8 Å². The summed E-state index contributed by atoms with van der Waals surface area (Å²) in [6.45, 7) is 0. The van der Waals surface area contributed by atoms with Gasteiger partial charge in [-0.15, -0.1) is 12.4 Å². The van der Waals surface area contributed by atoms with E-state index in [1.54, 1.807) is 0 Å². The van der Waals surface area contributed by atoms with Gasteiger partial charge in [0.15, 0.2) is 0 Å². The molecule has 2 aromatic rings. The summed E-state index contributed by atoms with van der Waals surface area (Å²) < 4.78 is 1.18. The molecule has 0 radical (unpaired) electrons. The third kappa shape index (κ3) is 1.75. The average Bonchev–Trinajstić information content (AvgIpc) is 2.23. The predicted molar refractivity (Wildman–Crippen MR) is 74.3 cm³/mol. The maximum atomic E-state index is 6.05. The molecule has 2 aromatic carbocycles. The maximum absolute atomic E-state index is 6.05. The van der Waals surface area contributed by atoms with Gasteiger partial charge in [0, 0.05) is 10.5 Å². The molecule has 1 aliphatic carbocycles. The first-order valence-corrected chi connectivity index (χ1v) is 5.99. The van der Waals surface area contributed by atoms with E-state index < -0.39 is 0 Å². The largest absolute Gasteiger partial charge is 0.327 e. The van der Waals surface area contributed by atoms with Gasteiger partial charge in [0.2, 0.25) is 0 Å². The molecule has 1 unspecified atom stereocenters. The highest BCUT2D eigenvalue weighted by atomic mass is 79.9. The van der Waals surface area contributed by atoms with Gasteiger partial charge in [-0.3, -0.25) is 0 Å². The van der Waals surface area contributed by atoms with Crippen LogP contribution in [0, 0.1) is 0 Å². The lowest BCUT2D eigenvalue weighted by Gasteiger charge is -2.22. The Morgan fingerprint density at radius 2 is 1.75 bits per heavy atom. The van der Waals surface area contributed by atoms with E-state index in [0.29, 0.717) is 0 Å². The molecule has 1 atom stereocenters. The molecule has 16 heavy (non-hydrogen) atoms. The van der Waals surface area contributed by atoms with Crippen molar-refractivity contribution in [1.29, 1.82) is 0 Å². The van der Waals surface area contributed by atoms with Crippen LogP contribution in [-0.2, 0) is 12.8 Å². The van der Waals surface area contributed by atoms with Crippen LogP contribution in [-0.4, -0.2) is 6.04 Å². The molecule has 0 aliphatic heterocycles. The zero-order valence-electron chi connectivity index (χ0n) is 8.74. The Morgan fingerprint density at radius 3 is 2.50 bits per heavy atom. The van der Waals surface area contributed by atoms with Crippen LogP contribution in [0.3, 0.4) is 0 Å². The number of benzene rings is 2. The smallest absolute Gasteiger partial charge is 0.0254 e. The molecule has 0 amide bonds. The van der Waals surface area contributed by atoms with Crippen molar-refractivity contribution in [2.45, 2.75) is 18.9 Å². The van der Waals surface area contributed by atoms with E-state index >= 15 is 0 Å². The zero-order valence-corrected chi connectivity index (χ0v) is 11.1. The summed E-state index contributed by atoms with van der Waals surface area (Å²) in [5.74, 6) is 0. The molecule has 0 saturated carbocycles. The van der Waals surface area contributed by atoms with Crippen LogP contribution in [0.5, 0.6) is 0 Å². The minimum absolute atomic E-state index is 0. The van der Waals surface area contributed by atoms with Gasteiger partial charge < -0.3 is 5.73 Å². The first-order valence-electron chi connectivity index (χ1n) is 5.20. The van der Waals surface area contributed by atoms with Gasteiger partial charge in [0.25, 0.3) is 0 Å². The van der Waals surface area contributed by atoms with Crippen molar-refractivity contribution < 1.29 is 0 Å². The molecule has 2 N–H and O–H groups in total. The number of rotatable bonds is 0. The van der Waals surface area contributed by atoms with Crippen molar-refractivity contribution in [3.05, 3.63) is 45.9 Å². The average molecular weight is 299 g/mol. The molecule has 1 aliphatic rings. The van der Waals surface area contributed by atoms with Gasteiger partial charge in [0.05, 0.1) is 0 Å². The SMILES string of the molecule is Cl.NC1Cc2cccc3c(Br)ccc(c23)C1. The highest BCUT2D eigenvalue weighted by Gasteiger charge is 2.18. The van der Waals surface area contributed by atoms with Crippen molar-refractivity contribution in [2.75, 3.05) is 0 Å². The van der Waals surface area contributed by atoms with Crippen molar-refractivity contribution in [1.82, 2.24) is 0 Å². The molecule has 3 rings (SSSR count). The van der Waals surface area contributed by atoms with Gasteiger partial charge in [0.1, 0.15) is 0 Å². The van der Waals surface area contributed by atoms with E-state index in [2.05, 4.69) is 46.3 Å². The van der Waals surface area contributed by atoms with E-state index in [1.807, 2.05) is 0 Å². The van der Waals surface area contributed by atoms with Crippen LogP contribution < -0.4 is 5.73 Å². The zero-order chi connectivity index (χ0) is 10.4. The Morgan fingerprint density at radius 1 is 1.06 bits per heavy atom. The van der Waals surface area contributed by atoms with Gasteiger partial charge in [-0.25, -0.2) is 0 Å². The molecule has 0 fully saturated rings. The lowest BCUT2D eigenvalue weighted by molar-refractivity contribution is 0.656. The Hall–Kier alpha value is -0.570. The second-order valence-electron chi connectivity index (χ2n) is 4.21. The van der Waals surface area contributed by atoms with Crippen LogP contribution in [0.4, 0.5) is 0 Å². The third-order valence-electron chi connectivity index (χ3n) is 3.12. The lowest BCUT2D eigenvalue weighted by atomic mass is 9.86. The third-order valence-corrected chi connectivity index (χ3v) is 3.82. The van der Waals surface area contributed by atoms with Gasteiger partial charge >= 0.3 is 0 Å². The molecule has 0 heterocycles. The molecule has 3 heteroatoms. The highest BCUT2D eigenvalue weighted by Crippen LogP contribution is 2.33. The topological polar surface area (TPSA) is 26.0 Å². The molecule has 0 spiro atoms. The molecular weight excluding hydrogens is 286 g/mol. The van der Waals surface area contributed by atoms with Crippen molar-refractivity contribution in [3.63, 3.8) is 0 Å². The van der Waals surface area contributed by atoms with Crippen LogP contribution in [0.25, 0.3) is 10.8 Å². The standard InChI is InChI=1S/C13H12BrN.ClH/c14-12-5-4-9-7-10(15)6-8-2-1-3-11(12)13(8)9;/h1-5,10H,6-7,15H2;1H. The monoisotopic (exact) mass is 297 g/mol. The van der Waals surface area contributed by atoms with Crippen molar-refractivity contribution in [3.8, 4) is 0 Å². The molecule has 84 valence electrons. The fourth-order valence-corrected chi connectivity index (χ4v) is 2.97. The maximum Gasteiger partial charge on any atom is 0.0254 e. The van der Waals surface area contributed by atoms with E-state index in [1.165, 1.54) is 26.4 Å². The van der Waals surface area contributed by atoms with Crippen LogP contribution in [0.1, 0.15) is 11.1 Å². The second kappa shape index (κ2) is 4.36. The summed E-state index contributed by atoms with van der Waals surface area (Å²) in [5.41, 5.74) is 8.83. The Bertz CT molecular complexity index is 526. The number of hydrogen-bond donors (Lipinski definition) is 1. The van der Waals surface area contributed by atoms with Crippen molar-refractivity contribution >= 4 is 39.1 Å². The number of hydrogen-bond acceptors (Lipinski definition) is 1. The summed E-state index contributed by atoms with van der Waals surface area (Å²) in [4.78, 5) is 0. The van der Waals surface area contributed by atoms with Crippen LogP contribution in [0.15, 0.2) is 34.8 Å². The Balaban J connectivity index is 0.000000963. The molecule has 0 saturated heterocycles. The summed E-state index contributed by atoms with van der Waals surface area (Å²) >= 11 is 3.60. The minimum Gasteiger partial charge on any atom is -0.327 e. The van der Waals surface area contributed by atoms with Gasteiger partial charge in [-0.1, -0.05) is 40.2 Å². The first-order chi connectivity index (χ1) is 7.25. The predicted octanol–water partition coefficient (Wildman–Crippen LogP) is 3.45. The summed E-state index contributed by atoms with van der Waals surface area (Å²) in [6, 6.07) is 11.1. The van der Waals surface area contributed by atoms with E-state index in [9.17, 15) is 0 Å². The molecule has 1 nitrogen and oxygen atoms in total. The molecular formula is C13H13BrClN. The van der Waals surface area contributed by atoms with Crippen molar-refractivity contribution in [2.24, 2.45) is 5.73 Å².